The summed E-state index contributed by atoms with van der Waals surface area (Å²) in [7, 11) is 1.62. The van der Waals surface area contributed by atoms with Gasteiger partial charge < -0.3 is 15.2 Å². The molecule has 0 aliphatic rings. The van der Waals surface area contributed by atoms with Gasteiger partial charge in [0.1, 0.15) is 0 Å². The highest BCUT2D eigenvalue weighted by Crippen LogP contribution is 2.21. The maximum absolute atomic E-state index is 9.23. The minimum absolute atomic E-state index is 0.0322. The van der Waals surface area contributed by atoms with Crippen molar-refractivity contribution in [2.45, 2.75) is 6.04 Å². The van der Waals surface area contributed by atoms with E-state index in [4.69, 9.17) is 4.74 Å². The Hall–Kier alpha value is -1.65. The van der Waals surface area contributed by atoms with Crippen molar-refractivity contribution in [2.24, 2.45) is 0 Å². The van der Waals surface area contributed by atoms with Crippen LogP contribution in [0.3, 0.4) is 0 Å². The van der Waals surface area contributed by atoms with Crippen LogP contribution in [-0.4, -0.2) is 36.5 Å². The molecule has 17 heavy (non-hydrogen) atoms. The van der Waals surface area contributed by atoms with Crippen molar-refractivity contribution in [1.82, 2.24) is 4.98 Å². The molecular weight excluding hydrogens is 216 g/mol. The maximum atomic E-state index is 9.23. The van der Waals surface area contributed by atoms with Crippen molar-refractivity contribution in [1.29, 1.82) is 0 Å². The number of fused-ring (bicyclic) bond motifs is 1. The minimum atomic E-state index is -0.106. The molecular formula is C13H16N2O2. The molecule has 1 aromatic carbocycles. The van der Waals surface area contributed by atoms with Gasteiger partial charge in [-0.2, -0.15) is 0 Å². The second-order valence-corrected chi connectivity index (χ2v) is 3.85. The summed E-state index contributed by atoms with van der Waals surface area (Å²) in [6, 6.07) is 9.69. The van der Waals surface area contributed by atoms with Crippen LogP contribution >= 0.6 is 0 Å². The molecule has 2 aromatic rings. The van der Waals surface area contributed by atoms with Crippen LogP contribution in [0.5, 0.6) is 0 Å². The fourth-order valence-electron chi connectivity index (χ4n) is 1.78. The van der Waals surface area contributed by atoms with E-state index < -0.39 is 0 Å². The number of aromatic nitrogens is 1. The van der Waals surface area contributed by atoms with Gasteiger partial charge in [0.25, 0.3) is 0 Å². The molecule has 0 saturated heterocycles. The van der Waals surface area contributed by atoms with Crippen LogP contribution in [0.25, 0.3) is 10.9 Å². The third kappa shape index (κ3) is 2.72. The number of rotatable bonds is 5. The van der Waals surface area contributed by atoms with Gasteiger partial charge in [0.2, 0.25) is 0 Å². The van der Waals surface area contributed by atoms with E-state index in [2.05, 4.69) is 10.3 Å². The van der Waals surface area contributed by atoms with Crippen molar-refractivity contribution in [3.8, 4) is 0 Å². The van der Waals surface area contributed by atoms with Crippen molar-refractivity contribution < 1.29 is 9.84 Å². The Morgan fingerprint density at radius 2 is 2.18 bits per heavy atom. The summed E-state index contributed by atoms with van der Waals surface area (Å²) in [5.41, 5.74) is 1.90. The third-order valence-electron chi connectivity index (χ3n) is 2.60. The van der Waals surface area contributed by atoms with Crippen molar-refractivity contribution in [2.75, 3.05) is 25.6 Å². The van der Waals surface area contributed by atoms with E-state index >= 15 is 0 Å². The lowest BCUT2D eigenvalue weighted by molar-refractivity contribution is 0.153. The Kier molecular flexibility index (Phi) is 3.90. The molecule has 0 aliphatic heterocycles. The highest BCUT2D eigenvalue weighted by Gasteiger charge is 2.08. The zero-order chi connectivity index (χ0) is 12.1. The first-order valence-electron chi connectivity index (χ1n) is 5.55. The number of aliphatic hydroxyl groups excluding tert-OH is 1. The summed E-state index contributed by atoms with van der Waals surface area (Å²) >= 11 is 0. The van der Waals surface area contributed by atoms with Crippen molar-refractivity contribution >= 4 is 16.6 Å². The fourth-order valence-corrected chi connectivity index (χ4v) is 1.78. The number of hydrogen-bond donors (Lipinski definition) is 2. The van der Waals surface area contributed by atoms with Gasteiger partial charge in [-0.1, -0.05) is 18.2 Å². The summed E-state index contributed by atoms with van der Waals surface area (Å²) in [5.74, 6) is 0. The Morgan fingerprint density at radius 1 is 1.35 bits per heavy atom. The van der Waals surface area contributed by atoms with E-state index in [-0.39, 0.29) is 12.6 Å². The van der Waals surface area contributed by atoms with Crippen LogP contribution in [0, 0.1) is 0 Å². The van der Waals surface area contributed by atoms with E-state index in [1.54, 1.807) is 13.3 Å². The van der Waals surface area contributed by atoms with E-state index in [0.29, 0.717) is 6.61 Å². The molecule has 2 N–H and O–H groups in total. The zero-order valence-corrected chi connectivity index (χ0v) is 9.76. The first-order valence-corrected chi connectivity index (χ1v) is 5.55. The predicted octanol–water partition coefficient (Wildman–Crippen LogP) is 1.65. The average molecular weight is 232 g/mol. The maximum Gasteiger partial charge on any atom is 0.0726 e. The lowest BCUT2D eigenvalue weighted by Crippen LogP contribution is -2.28. The van der Waals surface area contributed by atoms with Crippen LogP contribution in [0.4, 0.5) is 5.69 Å². The van der Waals surface area contributed by atoms with Gasteiger partial charge in [-0.3, -0.25) is 4.98 Å². The van der Waals surface area contributed by atoms with Gasteiger partial charge >= 0.3 is 0 Å². The molecule has 1 atom stereocenters. The van der Waals surface area contributed by atoms with Crippen LogP contribution < -0.4 is 5.32 Å². The molecule has 0 amide bonds. The molecule has 0 aliphatic carbocycles. The SMILES string of the molecule is COCC(CO)Nc1ccnc2ccccc12. The monoisotopic (exact) mass is 232 g/mol. The van der Waals surface area contributed by atoms with Crippen LogP contribution in [0.2, 0.25) is 0 Å². The summed E-state index contributed by atoms with van der Waals surface area (Å²) in [5, 5.41) is 13.5. The summed E-state index contributed by atoms with van der Waals surface area (Å²) in [6.07, 6.45) is 1.76. The Labute approximate surface area is 100 Å². The topological polar surface area (TPSA) is 54.4 Å². The third-order valence-corrected chi connectivity index (χ3v) is 2.60. The lowest BCUT2D eigenvalue weighted by atomic mass is 10.1. The zero-order valence-electron chi connectivity index (χ0n) is 9.76. The molecule has 1 heterocycles. The lowest BCUT2D eigenvalue weighted by Gasteiger charge is -2.17. The number of methoxy groups -OCH3 is 1. The van der Waals surface area contributed by atoms with Gasteiger partial charge in [0.05, 0.1) is 24.8 Å². The Bertz CT molecular complexity index is 482. The molecule has 0 fully saturated rings. The first kappa shape index (κ1) is 11.8. The molecule has 4 nitrogen and oxygen atoms in total. The van der Waals surface area contributed by atoms with E-state index in [0.717, 1.165) is 16.6 Å². The van der Waals surface area contributed by atoms with Crippen LogP contribution in [-0.2, 0) is 4.74 Å². The number of nitrogens with zero attached hydrogens (tertiary/aromatic N) is 1. The Balaban J connectivity index is 2.28. The molecule has 4 heteroatoms. The summed E-state index contributed by atoms with van der Waals surface area (Å²) in [4.78, 5) is 4.29. The number of hydrogen-bond acceptors (Lipinski definition) is 4. The standard InChI is InChI=1S/C13H16N2O2/c1-17-9-10(8-16)15-13-6-7-14-12-5-3-2-4-11(12)13/h2-7,10,16H,8-9H2,1H3,(H,14,15). The number of anilines is 1. The summed E-state index contributed by atoms with van der Waals surface area (Å²) in [6.45, 7) is 0.498. The van der Waals surface area contributed by atoms with E-state index in [1.807, 2.05) is 30.3 Å². The van der Waals surface area contributed by atoms with Gasteiger partial charge in [-0.05, 0) is 12.1 Å². The second kappa shape index (κ2) is 5.61. The number of ether oxygens (including phenoxy) is 1. The highest BCUT2D eigenvalue weighted by atomic mass is 16.5. The molecule has 1 unspecified atom stereocenters. The van der Waals surface area contributed by atoms with E-state index in [1.165, 1.54) is 0 Å². The molecule has 0 radical (unpaired) electrons. The fraction of sp³-hybridized carbons (Fsp3) is 0.308. The molecule has 90 valence electrons. The highest BCUT2D eigenvalue weighted by molar-refractivity contribution is 5.90. The normalized spacial score (nSPS) is 12.6. The largest absolute Gasteiger partial charge is 0.394 e. The molecule has 0 spiro atoms. The van der Waals surface area contributed by atoms with Crippen LogP contribution in [0.1, 0.15) is 0 Å². The minimum Gasteiger partial charge on any atom is -0.394 e. The molecule has 0 saturated carbocycles. The van der Waals surface area contributed by atoms with Crippen molar-refractivity contribution in [3.05, 3.63) is 36.5 Å². The Morgan fingerprint density at radius 3 is 2.94 bits per heavy atom. The van der Waals surface area contributed by atoms with Gasteiger partial charge in [0.15, 0.2) is 0 Å². The second-order valence-electron chi connectivity index (χ2n) is 3.85. The number of pyridine rings is 1. The predicted molar refractivity (Wildman–Crippen MR) is 68.1 cm³/mol. The first-order chi connectivity index (χ1) is 8.35. The molecule has 1 aromatic heterocycles. The smallest absolute Gasteiger partial charge is 0.0726 e. The molecule has 0 bridgehead atoms. The van der Waals surface area contributed by atoms with E-state index in [9.17, 15) is 5.11 Å². The summed E-state index contributed by atoms with van der Waals surface area (Å²) < 4.78 is 5.04. The van der Waals surface area contributed by atoms with Crippen LogP contribution in [0.15, 0.2) is 36.5 Å². The van der Waals surface area contributed by atoms with Gasteiger partial charge in [-0.25, -0.2) is 0 Å². The number of benzene rings is 1. The quantitative estimate of drug-likeness (QED) is 0.823. The van der Waals surface area contributed by atoms with Crippen molar-refractivity contribution in [3.63, 3.8) is 0 Å². The number of para-hydroxylation sites is 1. The average Bonchev–Trinajstić information content (AvgIpc) is 2.38. The molecule has 2 rings (SSSR count). The van der Waals surface area contributed by atoms with Gasteiger partial charge in [-0.15, -0.1) is 0 Å². The number of nitrogens with one attached hydrogen (secondary N) is 1. The number of aliphatic hydroxyl groups is 1. The van der Waals surface area contributed by atoms with Gasteiger partial charge in [0, 0.05) is 24.4 Å².